The van der Waals surface area contributed by atoms with Crippen molar-refractivity contribution in [2.75, 3.05) is 26.5 Å². The second-order valence-corrected chi connectivity index (χ2v) is 3.46. The predicted molar refractivity (Wildman–Crippen MR) is 45.2 cm³/mol. The summed E-state index contributed by atoms with van der Waals surface area (Å²) in [7, 11) is 1.45. The third kappa shape index (κ3) is 2.10. The number of ether oxygens (including phenoxy) is 1. The van der Waals surface area contributed by atoms with Crippen LogP contribution in [-0.4, -0.2) is 36.7 Å². The minimum absolute atomic E-state index is 0.0680. The highest BCUT2D eigenvalue weighted by molar-refractivity contribution is 7.96. The van der Waals surface area contributed by atoms with Crippen LogP contribution < -0.4 is 0 Å². The van der Waals surface area contributed by atoms with E-state index in [2.05, 4.69) is 9.04 Å². The third-order valence-corrected chi connectivity index (χ3v) is 2.79. The molecule has 0 radical (unpaired) electrons. The number of carbonyl (C=O) groups excluding carboxylic acids is 1. The summed E-state index contributed by atoms with van der Waals surface area (Å²) in [4.78, 5) is 11.0. The molecule has 0 aromatic rings. The zero-order valence-corrected chi connectivity index (χ0v) is 7.69. The SMILES string of the molecule is COC(=O)C1CCN(SC)C1. The molecule has 0 bridgehead atoms. The van der Waals surface area contributed by atoms with E-state index in [9.17, 15) is 4.79 Å². The molecule has 0 saturated carbocycles. The molecule has 0 aromatic carbocycles. The summed E-state index contributed by atoms with van der Waals surface area (Å²) in [6, 6.07) is 0. The van der Waals surface area contributed by atoms with E-state index in [0.717, 1.165) is 19.5 Å². The number of hydrogen-bond acceptors (Lipinski definition) is 4. The second kappa shape index (κ2) is 3.97. The van der Waals surface area contributed by atoms with E-state index >= 15 is 0 Å². The van der Waals surface area contributed by atoms with Crippen LogP contribution in [0.15, 0.2) is 0 Å². The Labute approximate surface area is 71.2 Å². The molecule has 0 aromatic heterocycles. The Bertz CT molecular complexity index is 151. The summed E-state index contributed by atoms with van der Waals surface area (Å²) in [5, 5.41) is 0. The minimum atomic E-state index is -0.0680. The van der Waals surface area contributed by atoms with Crippen LogP contribution in [0.3, 0.4) is 0 Å². The number of hydrogen-bond donors (Lipinski definition) is 0. The van der Waals surface area contributed by atoms with Crippen LogP contribution in [0.4, 0.5) is 0 Å². The Morgan fingerprint density at radius 1 is 1.73 bits per heavy atom. The number of esters is 1. The van der Waals surface area contributed by atoms with Gasteiger partial charge in [-0.1, -0.05) is 11.9 Å². The molecular formula is C7H13NO2S. The van der Waals surface area contributed by atoms with E-state index in [1.807, 2.05) is 6.26 Å². The van der Waals surface area contributed by atoms with Crippen molar-refractivity contribution in [3.05, 3.63) is 0 Å². The van der Waals surface area contributed by atoms with Crippen LogP contribution in [0.2, 0.25) is 0 Å². The van der Waals surface area contributed by atoms with Crippen molar-refractivity contribution >= 4 is 17.9 Å². The lowest BCUT2D eigenvalue weighted by Gasteiger charge is -2.09. The Morgan fingerprint density at radius 3 is 2.91 bits per heavy atom. The molecule has 0 amide bonds. The van der Waals surface area contributed by atoms with Gasteiger partial charge in [-0.3, -0.25) is 4.79 Å². The largest absolute Gasteiger partial charge is 0.469 e. The van der Waals surface area contributed by atoms with Crippen LogP contribution in [-0.2, 0) is 9.53 Å². The fourth-order valence-electron chi connectivity index (χ4n) is 1.25. The molecule has 0 aliphatic carbocycles. The number of carbonyl (C=O) groups is 1. The van der Waals surface area contributed by atoms with Gasteiger partial charge >= 0.3 is 5.97 Å². The second-order valence-electron chi connectivity index (χ2n) is 2.58. The number of nitrogens with zero attached hydrogens (tertiary/aromatic N) is 1. The van der Waals surface area contributed by atoms with Crippen molar-refractivity contribution in [2.45, 2.75) is 6.42 Å². The van der Waals surface area contributed by atoms with Gasteiger partial charge in [0.2, 0.25) is 0 Å². The van der Waals surface area contributed by atoms with Crippen LogP contribution >= 0.6 is 11.9 Å². The molecular weight excluding hydrogens is 162 g/mol. The molecule has 1 fully saturated rings. The maximum Gasteiger partial charge on any atom is 0.310 e. The fraction of sp³-hybridized carbons (Fsp3) is 0.857. The summed E-state index contributed by atoms with van der Waals surface area (Å²) >= 11 is 1.69. The van der Waals surface area contributed by atoms with Gasteiger partial charge in [-0.2, -0.15) is 0 Å². The maximum atomic E-state index is 11.0. The normalized spacial score (nSPS) is 25.5. The first kappa shape index (κ1) is 8.87. The Kier molecular flexibility index (Phi) is 3.20. The number of methoxy groups -OCH3 is 1. The van der Waals surface area contributed by atoms with E-state index in [0.29, 0.717) is 0 Å². The predicted octanol–water partition coefficient (Wildman–Crippen LogP) is 0.759. The van der Waals surface area contributed by atoms with Gasteiger partial charge in [-0.15, -0.1) is 0 Å². The first-order chi connectivity index (χ1) is 5.27. The molecule has 1 atom stereocenters. The molecule has 1 aliphatic heterocycles. The first-order valence-corrected chi connectivity index (χ1v) is 4.83. The van der Waals surface area contributed by atoms with E-state index < -0.39 is 0 Å². The highest BCUT2D eigenvalue weighted by atomic mass is 32.2. The van der Waals surface area contributed by atoms with E-state index in [4.69, 9.17) is 0 Å². The monoisotopic (exact) mass is 175 g/mol. The molecule has 64 valence electrons. The standard InChI is InChI=1S/C7H13NO2S/c1-10-7(9)6-3-4-8(5-6)11-2/h6H,3-5H2,1-2H3. The Morgan fingerprint density at radius 2 is 2.45 bits per heavy atom. The molecule has 1 saturated heterocycles. The van der Waals surface area contributed by atoms with Gasteiger partial charge in [0.05, 0.1) is 13.0 Å². The summed E-state index contributed by atoms with van der Waals surface area (Å²) in [6.07, 6.45) is 2.97. The van der Waals surface area contributed by atoms with Crippen molar-refractivity contribution in [1.29, 1.82) is 0 Å². The van der Waals surface area contributed by atoms with Gasteiger partial charge in [-0.25, -0.2) is 4.31 Å². The molecule has 1 rings (SSSR count). The summed E-state index contributed by atoms with van der Waals surface area (Å²) < 4.78 is 6.83. The molecule has 1 aliphatic rings. The highest BCUT2D eigenvalue weighted by Crippen LogP contribution is 2.21. The fourth-order valence-corrected chi connectivity index (χ4v) is 1.87. The van der Waals surface area contributed by atoms with E-state index in [-0.39, 0.29) is 11.9 Å². The van der Waals surface area contributed by atoms with Gasteiger partial charge in [-0.05, 0) is 12.7 Å². The average molecular weight is 175 g/mol. The minimum Gasteiger partial charge on any atom is -0.469 e. The summed E-state index contributed by atoms with van der Waals surface area (Å²) in [5.41, 5.74) is 0. The summed E-state index contributed by atoms with van der Waals surface area (Å²) in [6.45, 7) is 1.84. The molecule has 4 heteroatoms. The van der Waals surface area contributed by atoms with Gasteiger partial charge in [0.15, 0.2) is 0 Å². The van der Waals surface area contributed by atoms with Crippen molar-refractivity contribution in [3.8, 4) is 0 Å². The molecule has 1 heterocycles. The van der Waals surface area contributed by atoms with Gasteiger partial charge in [0.1, 0.15) is 0 Å². The van der Waals surface area contributed by atoms with Crippen molar-refractivity contribution < 1.29 is 9.53 Å². The number of rotatable bonds is 2. The van der Waals surface area contributed by atoms with Crippen LogP contribution in [0, 0.1) is 5.92 Å². The smallest absolute Gasteiger partial charge is 0.310 e. The lowest BCUT2D eigenvalue weighted by atomic mass is 10.1. The van der Waals surface area contributed by atoms with E-state index in [1.165, 1.54) is 7.11 Å². The molecule has 11 heavy (non-hydrogen) atoms. The molecule has 1 unspecified atom stereocenters. The molecule has 0 N–H and O–H groups in total. The van der Waals surface area contributed by atoms with Crippen molar-refractivity contribution in [3.63, 3.8) is 0 Å². The van der Waals surface area contributed by atoms with Gasteiger partial charge in [0, 0.05) is 13.1 Å². The summed E-state index contributed by atoms with van der Waals surface area (Å²) in [5.74, 6) is 0.0361. The molecule has 0 spiro atoms. The van der Waals surface area contributed by atoms with Crippen LogP contribution in [0.25, 0.3) is 0 Å². The third-order valence-electron chi connectivity index (χ3n) is 1.94. The zero-order chi connectivity index (χ0) is 8.27. The van der Waals surface area contributed by atoms with E-state index in [1.54, 1.807) is 11.9 Å². The first-order valence-electron chi connectivity index (χ1n) is 3.64. The Hall–Kier alpha value is -0.220. The average Bonchev–Trinajstić information content (AvgIpc) is 2.50. The Balaban J connectivity index is 2.35. The quantitative estimate of drug-likeness (QED) is 0.458. The molecule has 3 nitrogen and oxygen atoms in total. The van der Waals surface area contributed by atoms with Crippen molar-refractivity contribution in [2.24, 2.45) is 5.92 Å². The maximum absolute atomic E-state index is 11.0. The topological polar surface area (TPSA) is 29.5 Å². The highest BCUT2D eigenvalue weighted by Gasteiger charge is 2.28. The van der Waals surface area contributed by atoms with Crippen LogP contribution in [0.1, 0.15) is 6.42 Å². The van der Waals surface area contributed by atoms with Crippen LogP contribution in [0.5, 0.6) is 0 Å². The van der Waals surface area contributed by atoms with Gasteiger partial charge in [0.25, 0.3) is 0 Å². The zero-order valence-electron chi connectivity index (χ0n) is 6.87. The lowest BCUT2D eigenvalue weighted by molar-refractivity contribution is -0.144. The van der Waals surface area contributed by atoms with Gasteiger partial charge < -0.3 is 4.74 Å². The lowest BCUT2D eigenvalue weighted by Crippen LogP contribution is -2.19. The van der Waals surface area contributed by atoms with Crippen molar-refractivity contribution in [1.82, 2.24) is 4.31 Å².